The maximum Gasteiger partial charge on any atom is 0.330 e. The van der Waals surface area contributed by atoms with Crippen LogP contribution >= 0.6 is 0 Å². The van der Waals surface area contributed by atoms with Gasteiger partial charge in [-0.25, -0.2) is 4.79 Å². The molecule has 0 aliphatic heterocycles. The fraction of sp³-hybridized carbons (Fsp3) is 0.800. The minimum atomic E-state index is -0.316. The van der Waals surface area contributed by atoms with Crippen LogP contribution in [-0.4, -0.2) is 24.3 Å². The van der Waals surface area contributed by atoms with Crippen LogP contribution in [0.15, 0.2) is 12.7 Å². The summed E-state index contributed by atoms with van der Waals surface area (Å²) < 4.78 is 5.33. The first kappa shape index (κ1) is 12.2. The molecule has 4 bridgehead atoms. The van der Waals surface area contributed by atoms with Gasteiger partial charge in [0.2, 0.25) is 0 Å². The number of esters is 1. The molecule has 4 saturated carbocycles. The molecule has 3 heteroatoms. The lowest BCUT2D eigenvalue weighted by Crippen LogP contribution is -2.55. The number of rotatable bonds is 4. The smallest absolute Gasteiger partial charge is 0.330 e. The molecule has 1 N–H and O–H groups in total. The minimum Gasteiger partial charge on any atom is -0.462 e. The van der Waals surface area contributed by atoms with Gasteiger partial charge >= 0.3 is 5.97 Å². The number of hydrogen-bond donors (Lipinski definition) is 1. The van der Waals surface area contributed by atoms with E-state index in [9.17, 15) is 9.90 Å². The maximum atomic E-state index is 11.3. The first-order chi connectivity index (χ1) is 8.59. The molecule has 3 nitrogen and oxygen atoms in total. The lowest BCUT2D eigenvalue weighted by molar-refractivity contribution is -0.166. The third-order valence-electron chi connectivity index (χ3n) is 5.33. The van der Waals surface area contributed by atoms with Crippen molar-refractivity contribution in [2.45, 2.75) is 38.5 Å². The number of aliphatic hydroxyl groups is 1. The van der Waals surface area contributed by atoms with Crippen molar-refractivity contribution in [2.75, 3.05) is 13.2 Å². The van der Waals surface area contributed by atoms with Gasteiger partial charge in [0.25, 0.3) is 0 Å². The number of aliphatic hydroxyl groups excluding tert-OH is 1. The Hall–Kier alpha value is -0.830. The first-order valence-electron chi connectivity index (χ1n) is 6.99. The molecular formula is C15H22O3. The van der Waals surface area contributed by atoms with Crippen LogP contribution in [0.1, 0.15) is 38.5 Å². The summed E-state index contributed by atoms with van der Waals surface area (Å²) in [6.45, 7) is 4.26. The van der Waals surface area contributed by atoms with E-state index in [-0.39, 0.29) is 16.8 Å². The predicted octanol–water partition coefficient (Wildman–Crippen LogP) is 2.29. The van der Waals surface area contributed by atoms with Crippen LogP contribution in [0, 0.1) is 22.7 Å². The predicted molar refractivity (Wildman–Crippen MR) is 67.8 cm³/mol. The van der Waals surface area contributed by atoms with Crippen LogP contribution in [0.4, 0.5) is 0 Å². The summed E-state index contributed by atoms with van der Waals surface area (Å²) in [5.41, 5.74) is 0.274. The van der Waals surface area contributed by atoms with Crippen molar-refractivity contribution in [3.8, 4) is 0 Å². The van der Waals surface area contributed by atoms with Gasteiger partial charge in [-0.2, -0.15) is 0 Å². The van der Waals surface area contributed by atoms with Crippen LogP contribution in [-0.2, 0) is 9.53 Å². The molecule has 0 heterocycles. The van der Waals surface area contributed by atoms with Crippen molar-refractivity contribution < 1.29 is 14.6 Å². The molecule has 0 aromatic rings. The molecule has 0 aromatic heterocycles. The van der Waals surface area contributed by atoms with Crippen molar-refractivity contribution in [2.24, 2.45) is 22.7 Å². The van der Waals surface area contributed by atoms with Gasteiger partial charge in [0, 0.05) is 18.1 Å². The average molecular weight is 250 g/mol. The van der Waals surface area contributed by atoms with Crippen molar-refractivity contribution in [3.63, 3.8) is 0 Å². The third kappa shape index (κ3) is 1.89. The minimum absolute atomic E-state index is 0.130. The van der Waals surface area contributed by atoms with Crippen molar-refractivity contribution in [1.29, 1.82) is 0 Å². The third-order valence-corrected chi connectivity index (χ3v) is 5.33. The van der Waals surface area contributed by atoms with Crippen LogP contribution in [0.25, 0.3) is 0 Å². The second-order valence-electron chi connectivity index (χ2n) is 6.93. The summed E-state index contributed by atoms with van der Waals surface area (Å²) in [4.78, 5) is 11.3. The zero-order chi connectivity index (χ0) is 12.8. The maximum absolute atomic E-state index is 11.3. The van der Waals surface area contributed by atoms with Crippen LogP contribution in [0.5, 0.6) is 0 Å². The quantitative estimate of drug-likeness (QED) is 0.615. The number of ether oxygens (including phenoxy) is 1. The largest absolute Gasteiger partial charge is 0.462 e. The number of carbonyl (C=O) groups is 1. The average Bonchev–Trinajstić information content (AvgIpc) is 2.34. The Morgan fingerprint density at radius 2 is 1.89 bits per heavy atom. The van der Waals surface area contributed by atoms with Gasteiger partial charge in [-0.3, -0.25) is 0 Å². The summed E-state index contributed by atoms with van der Waals surface area (Å²) >= 11 is 0. The van der Waals surface area contributed by atoms with E-state index in [0.717, 1.165) is 18.3 Å². The van der Waals surface area contributed by atoms with E-state index in [1.807, 2.05) is 0 Å². The summed E-state index contributed by atoms with van der Waals surface area (Å²) in [5, 5.41) is 9.75. The van der Waals surface area contributed by atoms with Gasteiger partial charge < -0.3 is 9.84 Å². The van der Waals surface area contributed by atoms with Crippen LogP contribution < -0.4 is 0 Å². The molecule has 0 amide bonds. The van der Waals surface area contributed by atoms with Crippen molar-refractivity contribution in [1.82, 2.24) is 0 Å². The zero-order valence-electron chi connectivity index (χ0n) is 10.9. The Morgan fingerprint density at radius 1 is 1.28 bits per heavy atom. The second-order valence-corrected chi connectivity index (χ2v) is 6.93. The van der Waals surface area contributed by atoms with Gasteiger partial charge in [0.1, 0.15) is 0 Å². The molecule has 2 atom stereocenters. The van der Waals surface area contributed by atoms with E-state index in [1.54, 1.807) is 0 Å². The highest BCUT2D eigenvalue weighted by Gasteiger charge is 2.57. The normalized spacial score (nSPS) is 44.9. The van der Waals surface area contributed by atoms with Gasteiger partial charge in [0.15, 0.2) is 0 Å². The van der Waals surface area contributed by atoms with E-state index in [4.69, 9.17) is 4.74 Å². The van der Waals surface area contributed by atoms with Crippen LogP contribution in [0.2, 0.25) is 0 Å². The highest BCUT2D eigenvalue weighted by molar-refractivity contribution is 5.81. The van der Waals surface area contributed by atoms with E-state index in [2.05, 4.69) is 6.58 Å². The Labute approximate surface area is 108 Å². The SMILES string of the molecule is C=CC(=O)OCC12CC3CC(CC(CO)(C3)C1)C2. The Bertz CT molecular complexity index is 360. The molecule has 4 aliphatic carbocycles. The lowest BCUT2D eigenvalue weighted by Gasteiger charge is -2.61. The highest BCUT2D eigenvalue weighted by Crippen LogP contribution is 2.65. The monoisotopic (exact) mass is 250 g/mol. The van der Waals surface area contributed by atoms with Gasteiger partial charge in [0.05, 0.1) is 6.61 Å². The molecule has 4 fully saturated rings. The summed E-state index contributed by atoms with van der Waals surface area (Å²) in [6.07, 6.45) is 8.30. The molecule has 0 spiro atoms. The second kappa shape index (κ2) is 4.09. The van der Waals surface area contributed by atoms with E-state index < -0.39 is 0 Å². The van der Waals surface area contributed by atoms with Crippen molar-refractivity contribution >= 4 is 5.97 Å². The molecule has 4 aliphatic rings. The highest BCUT2D eigenvalue weighted by atomic mass is 16.5. The van der Waals surface area contributed by atoms with Gasteiger partial charge in [-0.1, -0.05) is 6.58 Å². The molecule has 2 unspecified atom stereocenters. The first-order valence-corrected chi connectivity index (χ1v) is 6.99. The molecule has 0 aromatic carbocycles. The molecule has 18 heavy (non-hydrogen) atoms. The van der Waals surface area contributed by atoms with Crippen LogP contribution in [0.3, 0.4) is 0 Å². The standard InChI is InChI=1S/C15H22O3/c1-2-13(17)18-10-15-6-11-3-12(7-15)5-14(4-11,8-15)9-16/h2,11-12,16H,1,3-10H2. The van der Waals surface area contributed by atoms with Crippen molar-refractivity contribution in [3.05, 3.63) is 12.7 Å². The molecule has 0 radical (unpaired) electrons. The molecule has 4 rings (SSSR count). The number of carbonyl (C=O) groups excluding carboxylic acids is 1. The van der Waals surface area contributed by atoms with Gasteiger partial charge in [-0.15, -0.1) is 0 Å². The topological polar surface area (TPSA) is 46.5 Å². The lowest BCUT2D eigenvalue weighted by atomic mass is 9.44. The molecular weight excluding hydrogens is 228 g/mol. The van der Waals surface area contributed by atoms with E-state index in [1.165, 1.54) is 38.2 Å². The summed E-state index contributed by atoms with van der Waals surface area (Å²) in [6, 6.07) is 0. The molecule has 100 valence electrons. The summed E-state index contributed by atoms with van der Waals surface area (Å²) in [7, 11) is 0. The summed E-state index contributed by atoms with van der Waals surface area (Å²) in [5.74, 6) is 1.16. The Kier molecular flexibility index (Phi) is 2.77. The fourth-order valence-corrected chi connectivity index (χ4v) is 5.29. The zero-order valence-corrected chi connectivity index (χ0v) is 10.9. The number of hydrogen-bond acceptors (Lipinski definition) is 3. The Morgan fingerprint density at radius 3 is 2.44 bits per heavy atom. The van der Waals surface area contributed by atoms with E-state index >= 15 is 0 Å². The fourth-order valence-electron chi connectivity index (χ4n) is 5.29. The Balaban J connectivity index is 1.76. The molecule has 0 saturated heterocycles. The van der Waals surface area contributed by atoms with E-state index in [0.29, 0.717) is 13.2 Å². The van der Waals surface area contributed by atoms with Gasteiger partial charge in [-0.05, 0) is 55.8 Å².